The monoisotopic (exact) mass is 291 g/mol. The Morgan fingerprint density at radius 3 is 2.81 bits per heavy atom. The van der Waals surface area contributed by atoms with Crippen LogP contribution in [-0.2, 0) is 9.47 Å². The lowest BCUT2D eigenvalue weighted by Crippen LogP contribution is -2.33. The number of hydrogen-bond donors (Lipinski definition) is 1. The van der Waals surface area contributed by atoms with Crippen molar-refractivity contribution in [2.75, 3.05) is 26.3 Å². The minimum atomic E-state index is -0.0204. The lowest BCUT2D eigenvalue weighted by molar-refractivity contribution is -0.185. The first-order valence-corrected chi connectivity index (χ1v) is 8.04. The average molecular weight is 291 g/mol. The minimum Gasteiger partial charge on any atom is -0.394 e. The Balaban J connectivity index is 1.55. The number of hydrogen-bond acceptors (Lipinski definition) is 4. The molecule has 1 N–H and O–H groups in total. The molecular formula is C17H25NO3. The van der Waals surface area contributed by atoms with Crippen LogP contribution in [0, 0.1) is 0 Å². The van der Waals surface area contributed by atoms with Crippen molar-refractivity contribution in [1.29, 1.82) is 0 Å². The highest BCUT2D eigenvalue weighted by atomic mass is 16.7. The number of rotatable bonds is 5. The summed E-state index contributed by atoms with van der Waals surface area (Å²) in [5.74, 6) is 0. The van der Waals surface area contributed by atoms with Crippen LogP contribution in [-0.4, -0.2) is 48.7 Å². The topological polar surface area (TPSA) is 41.9 Å². The molecule has 21 heavy (non-hydrogen) atoms. The number of ether oxygens (including phenoxy) is 2. The molecule has 0 amide bonds. The second-order valence-electron chi connectivity index (χ2n) is 5.95. The molecule has 0 aromatic heterocycles. The summed E-state index contributed by atoms with van der Waals surface area (Å²) in [4.78, 5) is 2.32. The van der Waals surface area contributed by atoms with E-state index in [2.05, 4.69) is 17.0 Å². The van der Waals surface area contributed by atoms with Crippen molar-refractivity contribution in [3.8, 4) is 0 Å². The van der Waals surface area contributed by atoms with E-state index in [1.807, 2.05) is 18.2 Å². The third-order valence-electron chi connectivity index (χ3n) is 4.46. The van der Waals surface area contributed by atoms with Crippen molar-refractivity contribution in [3.63, 3.8) is 0 Å². The van der Waals surface area contributed by atoms with E-state index < -0.39 is 0 Å². The van der Waals surface area contributed by atoms with E-state index in [1.165, 1.54) is 12.0 Å². The molecule has 2 fully saturated rings. The van der Waals surface area contributed by atoms with Crippen LogP contribution in [0.5, 0.6) is 0 Å². The predicted octanol–water partition coefficient (Wildman–Crippen LogP) is 2.34. The second kappa shape index (κ2) is 7.36. The van der Waals surface area contributed by atoms with Crippen LogP contribution in [0.1, 0.15) is 37.3 Å². The van der Waals surface area contributed by atoms with Crippen LogP contribution in [0.25, 0.3) is 0 Å². The maximum absolute atomic E-state index is 9.74. The van der Waals surface area contributed by atoms with E-state index in [4.69, 9.17) is 9.47 Å². The van der Waals surface area contributed by atoms with E-state index in [1.54, 1.807) is 0 Å². The maximum Gasteiger partial charge on any atom is 0.158 e. The van der Waals surface area contributed by atoms with Gasteiger partial charge in [0.05, 0.1) is 18.8 Å². The highest BCUT2D eigenvalue weighted by Gasteiger charge is 2.31. The smallest absolute Gasteiger partial charge is 0.158 e. The van der Waals surface area contributed by atoms with Gasteiger partial charge in [0.25, 0.3) is 0 Å². The zero-order valence-electron chi connectivity index (χ0n) is 12.5. The van der Waals surface area contributed by atoms with E-state index >= 15 is 0 Å². The fourth-order valence-electron chi connectivity index (χ4n) is 3.29. The van der Waals surface area contributed by atoms with E-state index in [0.717, 1.165) is 39.0 Å². The Morgan fingerprint density at radius 2 is 2.10 bits per heavy atom. The van der Waals surface area contributed by atoms with Crippen molar-refractivity contribution in [2.45, 2.75) is 44.1 Å². The van der Waals surface area contributed by atoms with Gasteiger partial charge in [0.15, 0.2) is 6.29 Å². The Hall–Kier alpha value is -0.940. The third kappa shape index (κ3) is 3.83. The highest BCUT2D eigenvalue weighted by Crippen LogP contribution is 2.27. The zero-order chi connectivity index (χ0) is 14.5. The molecular weight excluding hydrogens is 266 g/mol. The number of aliphatic hydroxyl groups is 1. The number of aliphatic hydroxyl groups excluding tert-OH is 1. The Bertz CT molecular complexity index is 419. The molecule has 1 aromatic rings. The average Bonchev–Trinajstić information content (AvgIpc) is 2.98. The van der Waals surface area contributed by atoms with Gasteiger partial charge in [-0.15, -0.1) is 0 Å². The van der Waals surface area contributed by atoms with E-state index in [-0.39, 0.29) is 25.0 Å². The Labute approximate surface area is 126 Å². The summed E-state index contributed by atoms with van der Waals surface area (Å²) >= 11 is 0. The first kappa shape index (κ1) is 15.0. The van der Waals surface area contributed by atoms with Crippen LogP contribution in [0.2, 0.25) is 0 Å². The van der Waals surface area contributed by atoms with Crippen molar-refractivity contribution >= 4 is 0 Å². The number of nitrogens with zero attached hydrogens (tertiary/aromatic N) is 1. The molecule has 2 aliphatic rings. The summed E-state index contributed by atoms with van der Waals surface area (Å²) in [6.07, 6.45) is 4.59. The zero-order valence-corrected chi connectivity index (χ0v) is 12.5. The fraction of sp³-hybridized carbons (Fsp3) is 0.647. The summed E-state index contributed by atoms with van der Waals surface area (Å²) in [6, 6.07) is 10.3. The molecule has 3 atom stereocenters. The molecule has 3 rings (SSSR count). The van der Waals surface area contributed by atoms with Crippen LogP contribution in [0.4, 0.5) is 0 Å². The number of likely N-dealkylation sites (tertiary alicyclic amines) is 1. The van der Waals surface area contributed by atoms with Gasteiger partial charge in [-0.2, -0.15) is 0 Å². The quantitative estimate of drug-likeness (QED) is 0.904. The van der Waals surface area contributed by atoms with Crippen molar-refractivity contribution in [1.82, 2.24) is 4.90 Å². The molecule has 2 heterocycles. The normalized spacial score (nSPS) is 28.6. The molecule has 2 saturated heterocycles. The van der Waals surface area contributed by atoms with Gasteiger partial charge in [-0.05, 0) is 31.2 Å². The maximum atomic E-state index is 9.74. The van der Waals surface area contributed by atoms with Crippen molar-refractivity contribution in [2.24, 2.45) is 0 Å². The summed E-state index contributed by atoms with van der Waals surface area (Å²) in [7, 11) is 0. The molecule has 0 radical (unpaired) electrons. The summed E-state index contributed by atoms with van der Waals surface area (Å²) in [5, 5.41) is 9.74. The Kier molecular flexibility index (Phi) is 5.25. The molecule has 4 heteroatoms. The van der Waals surface area contributed by atoms with Gasteiger partial charge in [0, 0.05) is 19.7 Å². The molecule has 2 aliphatic heterocycles. The summed E-state index contributed by atoms with van der Waals surface area (Å²) in [6.45, 7) is 2.82. The van der Waals surface area contributed by atoms with Gasteiger partial charge in [-0.1, -0.05) is 30.3 Å². The molecule has 116 valence electrons. The first-order valence-electron chi connectivity index (χ1n) is 8.04. The lowest BCUT2D eigenvalue weighted by atomic mass is 10.1. The molecule has 0 bridgehead atoms. The molecule has 1 aromatic carbocycles. The molecule has 1 unspecified atom stereocenters. The molecule has 4 nitrogen and oxygen atoms in total. The summed E-state index contributed by atoms with van der Waals surface area (Å²) in [5.41, 5.74) is 1.18. The van der Waals surface area contributed by atoms with Crippen LogP contribution in [0.15, 0.2) is 30.3 Å². The van der Waals surface area contributed by atoms with Gasteiger partial charge in [-0.25, -0.2) is 0 Å². The van der Waals surface area contributed by atoms with Crippen LogP contribution < -0.4 is 0 Å². The standard InChI is InChI=1S/C17H25NO3/c19-13-16(14-6-2-1-3-7-14)18-10-9-15(12-18)21-17-8-4-5-11-20-17/h1-3,6-7,15-17,19H,4-5,8-13H2/t15-,16?,17+/m0/s1. The third-order valence-corrected chi connectivity index (χ3v) is 4.46. The Morgan fingerprint density at radius 1 is 1.24 bits per heavy atom. The van der Waals surface area contributed by atoms with Crippen molar-refractivity contribution < 1.29 is 14.6 Å². The van der Waals surface area contributed by atoms with E-state index in [9.17, 15) is 5.11 Å². The SMILES string of the molecule is OCC(c1ccccc1)N1CC[C@H](O[C@@H]2CCCCO2)C1. The minimum absolute atomic E-state index is 0.0204. The largest absolute Gasteiger partial charge is 0.394 e. The lowest BCUT2D eigenvalue weighted by Gasteiger charge is -2.28. The molecule has 0 saturated carbocycles. The summed E-state index contributed by atoms with van der Waals surface area (Å²) < 4.78 is 11.7. The van der Waals surface area contributed by atoms with E-state index in [0.29, 0.717) is 0 Å². The van der Waals surface area contributed by atoms with Crippen molar-refractivity contribution in [3.05, 3.63) is 35.9 Å². The highest BCUT2D eigenvalue weighted by molar-refractivity contribution is 5.19. The van der Waals surface area contributed by atoms with Gasteiger partial charge in [0.2, 0.25) is 0 Å². The van der Waals surface area contributed by atoms with Gasteiger partial charge in [0.1, 0.15) is 0 Å². The van der Waals surface area contributed by atoms with Gasteiger partial charge in [-0.3, -0.25) is 4.90 Å². The molecule has 0 spiro atoms. The van der Waals surface area contributed by atoms with Crippen LogP contribution >= 0.6 is 0 Å². The van der Waals surface area contributed by atoms with Crippen LogP contribution in [0.3, 0.4) is 0 Å². The van der Waals surface area contributed by atoms with Gasteiger partial charge >= 0.3 is 0 Å². The predicted molar refractivity (Wildman–Crippen MR) is 80.9 cm³/mol. The first-order chi connectivity index (χ1) is 10.4. The van der Waals surface area contributed by atoms with Gasteiger partial charge < -0.3 is 14.6 Å². The number of benzene rings is 1. The second-order valence-corrected chi connectivity index (χ2v) is 5.95. The fourth-order valence-corrected chi connectivity index (χ4v) is 3.29. The molecule has 0 aliphatic carbocycles.